The fourth-order valence-corrected chi connectivity index (χ4v) is 3.79. The summed E-state index contributed by atoms with van der Waals surface area (Å²) in [6, 6.07) is 23.3. The number of anilines is 1. The summed E-state index contributed by atoms with van der Waals surface area (Å²) in [5.41, 5.74) is 2.30. The molecule has 1 aromatic heterocycles. The van der Waals surface area contributed by atoms with Gasteiger partial charge in [-0.2, -0.15) is 0 Å². The predicted octanol–water partition coefficient (Wildman–Crippen LogP) is 5.02. The van der Waals surface area contributed by atoms with Crippen molar-refractivity contribution in [3.63, 3.8) is 0 Å². The number of halogens is 1. The summed E-state index contributed by atoms with van der Waals surface area (Å²) in [5, 5.41) is 22.2. The standard InChI is InChI=1S/C22H17ClN4O2S/c23-16-5-4-8-18(13-16)27-21(15-9-11-19(28)12-10-15)25-26-22(27)30-14-20(29)24-17-6-2-1-3-7-17/h1-13,28H,14H2,(H,24,29). The molecule has 4 rings (SSSR count). The Hall–Kier alpha value is -3.29. The van der Waals surface area contributed by atoms with Crippen LogP contribution >= 0.6 is 23.4 Å². The van der Waals surface area contributed by atoms with Crippen molar-refractivity contribution in [3.05, 3.63) is 83.9 Å². The van der Waals surface area contributed by atoms with E-state index < -0.39 is 0 Å². The number of phenolic OH excluding ortho intramolecular Hbond substituents is 1. The highest BCUT2D eigenvalue weighted by molar-refractivity contribution is 7.99. The summed E-state index contributed by atoms with van der Waals surface area (Å²) in [7, 11) is 0. The van der Waals surface area contributed by atoms with Crippen LogP contribution in [0.2, 0.25) is 5.02 Å². The van der Waals surface area contributed by atoms with E-state index in [-0.39, 0.29) is 17.4 Å². The molecule has 1 heterocycles. The van der Waals surface area contributed by atoms with Gasteiger partial charge in [0, 0.05) is 16.3 Å². The molecule has 0 aliphatic heterocycles. The average molecular weight is 437 g/mol. The van der Waals surface area contributed by atoms with Crippen LogP contribution in [0.3, 0.4) is 0 Å². The van der Waals surface area contributed by atoms with Crippen molar-refractivity contribution < 1.29 is 9.90 Å². The number of benzene rings is 3. The van der Waals surface area contributed by atoms with Crippen molar-refractivity contribution in [3.8, 4) is 22.8 Å². The van der Waals surface area contributed by atoms with E-state index in [1.54, 1.807) is 30.3 Å². The first-order valence-corrected chi connectivity index (χ1v) is 10.4. The summed E-state index contributed by atoms with van der Waals surface area (Å²) >= 11 is 7.47. The Kier molecular flexibility index (Phi) is 6.02. The lowest BCUT2D eigenvalue weighted by molar-refractivity contribution is -0.113. The Bertz CT molecular complexity index is 1160. The van der Waals surface area contributed by atoms with Gasteiger partial charge in [-0.1, -0.05) is 47.6 Å². The molecule has 30 heavy (non-hydrogen) atoms. The van der Waals surface area contributed by atoms with Gasteiger partial charge < -0.3 is 10.4 Å². The van der Waals surface area contributed by atoms with Crippen LogP contribution < -0.4 is 5.32 Å². The van der Waals surface area contributed by atoms with E-state index in [2.05, 4.69) is 15.5 Å². The number of carbonyl (C=O) groups excluding carboxylic acids is 1. The van der Waals surface area contributed by atoms with Crippen LogP contribution in [-0.4, -0.2) is 31.5 Å². The molecular weight excluding hydrogens is 420 g/mol. The summed E-state index contributed by atoms with van der Waals surface area (Å²) in [4.78, 5) is 12.4. The zero-order chi connectivity index (χ0) is 20.9. The van der Waals surface area contributed by atoms with Gasteiger partial charge in [0.2, 0.25) is 5.91 Å². The summed E-state index contributed by atoms with van der Waals surface area (Å²) in [5.74, 6) is 0.782. The lowest BCUT2D eigenvalue weighted by Gasteiger charge is -2.11. The normalized spacial score (nSPS) is 10.7. The average Bonchev–Trinajstić information content (AvgIpc) is 3.17. The van der Waals surface area contributed by atoms with Crippen LogP contribution in [0.15, 0.2) is 84.0 Å². The molecule has 0 spiro atoms. The zero-order valence-corrected chi connectivity index (χ0v) is 17.3. The van der Waals surface area contributed by atoms with E-state index >= 15 is 0 Å². The lowest BCUT2D eigenvalue weighted by Crippen LogP contribution is -2.14. The minimum Gasteiger partial charge on any atom is -0.508 e. The number of para-hydroxylation sites is 1. The van der Waals surface area contributed by atoms with Crippen LogP contribution in [0, 0.1) is 0 Å². The first-order chi connectivity index (χ1) is 14.6. The molecule has 0 saturated heterocycles. The number of nitrogens with zero attached hydrogens (tertiary/aromatic N) is 3. The van der Waals surface area contributed by atoms with E-state index in [1.807, 2.05) is 53.1 Å². The monoisotopic (exact) mass is 436 g/mol. The molecule has 0 aliphatic rings. The molecular formula is C22H17ClN4O2S. The number of hydrogen-bond donors (Lipinski definition) is 2. The SMILES string of the molecule is O=C(CSc1nnc(-c2ccc(O)cc2)n1-c1cccc(Cl)c1)Nc1ccccc1. The number of thioether (sulfide) groups is 1. The number of phenols is 1. The largest absolute Gasteiger partial charge is 0.508 e. The lowest BCUT2D eigenvalue weighted by atomic mass is 10.2. The summed E-state index contributed by atoms with van der Waals surface area (Å²) in [6.45, 7) is 0. The third-order valence-corrected chi connectivity index (χ3v) is 5.38. The van der Waals surface area contributed by atoms with Crippen LogP contribution in [0.25, 0.3) is 17.1 Å². The molecule has 0 atom stereocenters. The molecule has 3 aromatic carbocycles. The maximum atomic E-state index is 12.4. The van der Waals surface area contributed by atoms with Crippen molar-refractivity contribution >= 4 is 35.0 Å². The van der Waals surface area contributed by atoms with Gasteiger partial charge in [0.25, 0.3) is 0 Å². The molecule has 0 bridgehead atoms. The smallest absolute Gasteiger partial charge is 0.234 e. The molecule has 6 nitrogen and oxygen atoms in total. The minimum absolute atomic E-state index is 0.141. The van der Waals surface area contributed by atoms with E-state index in [0.29, 0.717) is 16.0 Å². The van der Waals surface area contributed by atoms with Crippen molar-refractivity contribution in [2.75, 3.05) is 11.1 Å². The molecule has 4 aromatic rings. The topological polar surface area (TPSA) is 80.0 Å². The zero-order valence-electron chi connectivity index (χ0n) is 15.7. The van der Waals surface area contributed by atoms with Gasteiger partial charge in [-0.25, -0.2) is 0 Å². The van der Waals surface area contributed by atoms with Gasteiger partial charge in [-0.05, 0) is 54.6 Å². The highest BCUT2D eigenvalue weighted by Crippen LogP contribution is 2.30. The number of rotatable bonds is 6. The second-order valence-electron chi connectivity index (χ2n) is 6.37. The van der Waals surface area contributed by atoms with E-state index in [4.69, 9.17) is 11.6 Å². The quantitative estimate of drug-likeness (QED) is 0.414. The van der Waals surface area contributed by atoms with Gasteiger partial charge in [-0.15, -0.1) is 10.2 Å². The molecule has 0 saturated carbocycles. The summed E-state index contributed by atoms with van der Waals surface area (Å²) < 4.78 is 1.85. The number of hydrogen-bond acceptors (Lipinski definition) is 5. The van der Waals surface area contributed by atoms with E-state index in [0.717, 1.165) is 16.9 Å². The minimum atomic E-state index is -0.141. The first-order valence-electron chi connectivity index (χ1n) is 9.08. The second-order valence-corrected chi connectivity index (χ2v) is 7.75. The Morgan fingerprint density at radius 3 is 2.50 bits per heavy atom. The highest BCUT2D eigenvalue weighted by Gasteiger charge is 2.17. The van der Waals surface area contributed by atoms with Crippen molar-refractivity contribution in [1.82, 2.24) is 14.8 Å². The third kappa shape index (κ3) is 4.64. The first kappa shape index (κ1) is 20.0. The van der Waals surface area contributed by atoms with Gasteiger partial charge in [0.1, 0.15) is 5.75 Å². The molecule has 0 fully saturated rings. The summed E-state index contributed by atoms with van der Waals surface area (Å²) in [6.07, 6.45) is 0. The molecule has 1 amide bonds. The molecule has 0 aliphatic carbocycles. The van der Waals surface area contributed by atoms with Gasteiger partial charge in [0.15, 0.2) is 11.0 Å². The Morgan fingerprint density at radius 2 is 1.77 bits per heavy atom. The second kappa shape index (κ2) is 9.02. The molecule has 150 valence electrons. The predicted molar refractivity (Wildman–Crippen MR) is 119 cm³/mol. The Balaban J connectivity index is 1.62. The number of aromatic hydroxyl groups is 1. The number of aromatic nitrogens is 3. The fourth-order valence-electron chi connectivity index (χ4n) is 2.86. The van der Waals surface area contributed by atoms with E-state index in [1.165, 1.54) is 11.8 Å². The van der Waals surface area contributed by atoms with Crippen molar-refractivity contribution in [2.24, 2.45) is 0 Å². The third-order valence-electron chi connectivity index (χ3n) is 4.22. The van der Waals surface area contributed by atoms with Crippen molar-refractivity contribution in [1.29, 1.82) is 0 Å². The molecule has 0 radical (unpaired) electrons. The van der Waals surface area contributed by atoms with E-state index in [9.17, 15) is 9.90 Å². The van der Waals surface area contributed by atoms with Crippen molar-refractivity contribution in [2.45, 2.75) is 5.16 Å². The fraction of sp³-hybridized carbons (Fsp3) is 0.0455. The molecule has 2 N–H and O–H groups in total. The highest BCUT2D eigenvalue weighted by atomic mass is 35.5. The van der Waals surface area contributed by atoms with Gasteiger partial charge in [-0.3, -0.25) is 9.36 Å². The maximum Gasteiger partial charge on any atom is 0.234 e. The number of nitrogens with one attached hydrogen (secondary N) is 1. The van der Waals surface area contributed by atoms with Crippen LogP contribution in [0.1, 0.15) is 0 Å². The maximum absolute atomic E-state index is 12.4. The van der Waals surface area contributed by atoms with Crippen LogP contribution in [0.4, 0.5) is 5.69 Å². The molecule has 0 unspecified atom stereocenters. The Labute approximate surface area is 182 Å². The Morgan fingerprint density at radius 1 is 1.00 bits per heavy atom. The van der Waals surface area contributed by atoms with Gasteiger partial charge >= 0.3 is 0 Å². The van der Waals surface area contributed by atoms with Crippen LogP contribution in [0.5, 0.6) is 5.75 Å². The van der Waals surface area contributed by atoms with Crippen LogP contribution in [-0.2, 0) is 4.79 Å². The number of amides is 1. The number of carbonyl (C=O) groups is 1. The van der Waals surface area contributed by atoms with Gasteiger partial charge in [0.05, 0.1) is 11.4 Å². The molecule has 8 heteroatoms.